The Labute approximate surface area is 169 Å². The second-order valence-electron chi connectivity index (χ2n) is 6.82. The van der Waals surface area contributed by atoms with Gasteiger partial charge in [-0.25, -0.2) is 5.32 Å². The Bertz CT molecular complexity index is 1100. The van der Waals surface area contributed by atoms with Crippen LogP contribution >= 0.6 is 11.3 Å². The van der Waals surface area contributed by atoms with E-state index in [1.54, 1.807) is 18.4 Å². The average molecular weight is 388 g/mol. The molecule has 1 aromatic heterocycles. The largest absolute Gasteiger partial charge is 0.497 e. The van der Waals surface area contributed by atoms with Crippen LogP contribution < -0.4 is 14.6 Å². The van der Waals surface area contributed by atoms with Gasteiger partial charge in [-0.1, -0.05) is 35.6 Å². The van der Waals surface area contributed by atoms with Crippen LogP contribution in [0.5, 0.6) is 5.75 Å². The van der Waals surface area contributed by atoms with Gasteiger partial charge in [-0.05, 0) is 73.5 Å². The summed E-state index contributed by atoms with van der Waals surface area (Å²) in [5, 5.41) is 6.87. The van der Waals surface area contributed by atoms with Crippen LogP contribution in [0.15, 0.2) is 78.2 Å². The zero-order chi connectivity index (χ0) is 19.5. The lowest BCUT2D eigenvalue weighted by molar-refractivity contribution is -0.563. The summed E-state index contributed by atoms with van der Waals surface area (Å²) < 4.78 is 7.59. The van der Waals surface area contributed by atoms with Gasteiger partial charge in [0.1, 0.15) is 17.1 Å². The molecule has 1 heterocycles. The second kappa shape index (κ2) is 7.87. The molecule has 0 fully saturated rings. The van der Waals surface area contributed by atoms with Crippen molar-refractivity contribution in [2.24, 2.45) is 0 Å². The fourth-order valence-electron chi connectivity index (χ4n) is 3.24. The summed E-state index contributed by atoms with van der Waals surface area (Å²) in [6, 6.07) is 25.2. The number of ether oxygens (including phenoxy) is 1. The van der Waals surface area contributed by atoms with Crippen molar-refractivity contribution in [2.45, 2.75) is 13.8 Å². The quantitative estimate of drug-likeness (QED) is 0.421. The fraction of sp³-hybridized carbons (Fsp3) is 0.125. The lowest BCUT2D eigenvalue weighted by atomic mass is 10.1. The normalized spacial score (nSPS) is 10.7. The van der Waals surface area contributed by atoms with Gasteiger partial charge in [-0.15, -0.1) is 0 Å². The van der Waals surface area contributed by atoms with E-state index in [4.69, 9.17) is 4.74 Å². The molecule has 140 valence electrons. The first-order valence-corrected chi connectivity index (χ1v) is 10.1. The highest BCUT2D eigenvalue weighted by Gasteiger charge is 2.22. The van der Waals surface area contributed by atoms with Gasteiger partial charge in [0.2, 0.25) is 0 Å². The van der Waals surface area contributed by atoms with E-state index in [0.717, 1.165) is 33.5 Å². The summed E-state index contributed by atoms with van der Waals surface area (Å²) in [6.45, 7) is 4.23. The zero-order valence-electron chi connectivity index (χ0n) is 16.3. The van der Waals surface area contributed by atoms with E-state index < -0.39 is 0 Å². The molecule has 0 saturated carbocycles. The highest BCUT2D eigenvalue weighted by atomic mass is 32.1. The number of aromatic nitrogens is 1. The minimum Gasteiger partial charge on any atom is -0.497 e. The smallest absolute Gasteiger partial charge is 0.344 e. The zero-order valence-corrected chi connectivity index (χ0v) is 17.1. The van der Waals surface area contributed by atoms with E-state index in [1.807, 2.05) is 12.1 Å². The summed E-state index contributed by atoms with van der Waals surface area (Å²) in [7, 11) is 1.69. The molecule has 0 amide bonds. The minimum absolute atomic E-state index is 0.860. The SMILES string of the molecule is COc1ccc(-c2csc(Nc3cccc(C)c3)[n+]2-c2cccc(C)c2)cc1. The van der Waals surface area contributed by atoms with Crippen molar-refractivity contribution < 1.29 is 9.30 Å². The molecule has 4 heteroatoms. The molecule has 4 aromatic rings. The number of benzene rings is 3. The van der Waals surface area contributed by atoms with E-state index in [9.17, 15) is 0 Å². The van der Waals surface area contributed by atoms with Gasteiger partial charge in [-0.3, -0.25) is 0 Å². The van der Waals surface area contributed by atoms with Gasteiger partial charge in [0, 0.05) is 10.9 Å². The lowest BCUT2D eigenvalue weighted by Crippen LogP contribution is -2.33. The van der Waals surface area contributed by atoms with Crippen LogP contribution in [0.1, 0.15) is 11.1 Å². The molecule has 4 rings (SSSR count). The first-order valence-electron chi connectivity index (χ1n) is 9.23. The Hall–Kier alpha value is -3.11. The molecule has 0 spiro atoms. The van der Waals surface area contributed by atoms with Crippen LogP contribution in [0, 0.1) is 13.8 Å². The molecule has 0 aliphatic carbocycles. The number of rotatable bonds is 5. The Morgan fingerprint density at radius 3 is 2.25 bits per heavy atom. The van der Waals surface area contributed by atoms with Crippen molar-refractivity contribution in [3.8, 4) is 22.7 Å². The molecule has 0 aliphatic rings. The molecule has 0 bridgehead atoms. The maximum atomic E-state index is 5.31. The molecule has 0 aliphatic heterocycles. The first kappa shape index (κ1) is 18.3. The predicted octanol–water partition coefficient (Wildman–Crippen LogP) is 6.06. The topological polar surface area (TPSA) is 25.1 Å². The van der Waals surface area contributed by atoms with Gasteiger partial charge in [-0.2, -0.15) is 4.57 Å². The number of hydrogen-bond acceptors (Lipinski definition) is 3. The highest BCUT2D eigenvalue weighted by molar-refractivity contribution is 7.13. The number of thiazole rings is 1. The summed E-state index contributed by atoms with van der Waals surface area (Å²) in [4.78, 5) is 0. The van der Waals surface area contributed by atoms with Crippen LogP contribution in [0.4, 0.5) is 10.8 Å². The Balaban J connectivity index is 1.83. The molecule has 3 nitrogen and oxygen atoms in total. The summed E-state index contributed by atoms with van der Waals surface area (Å²) in [6.07, 6.45) is 0. The molecule has 1 N–H and O–H groups in total. The van der Waals surface area contributed by atoms with Crippen LogP contribution in [0.2, 0.25) is 0 Å². The number of methoxy groups -OCH3 is 1. The number of nitrogens with one attached hydrogen (secondary N) is 1. The maximum absolute atomic E-state index is 5.31. The van der Waals surface area contributed by atoms with Crippen molar-refractivity contribution in [1.29, 1.82) is 0 Å². The van der Waals surface area contributed by atoms with E-state index in [2.05, 4.69) is 89.8 Å². The van der Waals surface area contributed by atoms with Crippen LogP contribution in [-0.4, -0.2) is 7.11 Å². The molecule has 0 unspecified atom stereocenters. The van der Waals surface area contributed by atoms with Crippen molar-refractivity contribution in [3.63, 3.8) is 0 Å². The van der Waals surface area contributed by atoms with E-state index in [0.29, 0.717) is 0 Å². The predicted molar refractivity (Wildman–Crippen MR) is 117 cm³/mol. The van der Waals surface area contributed by atoms with Crippen LogP contribution in [-0.2, 0) is 0 Å². The second-order valence-corrected chi connectivity index (χ2v) is 7.68. The van der Waals surface area contributed by atoms with E-state index in [1.165, 1.54) is 11.1 Å². The molecular weight excluding hydrogens is 364 g/mol. The summed E-state index contributed by atoms with van der Waals surface area (Å²) in [5.74, 6) is 0.860. The Morgan fingerprint density at radius 2 is 1.57 bits per heavy atom. The third-order valence-electron chi connectivity index (χ3n) is 4.64. The van der Waals surface area contributed by atoms with Gasteiger partial charge in [0.05, 0.1) is 7.11 Å². The maximum Gasteiger partial charge on any atom is 0.344 e. The Kier molecular flexibility index (Phi) is 5.13. The number of aryl methyl sites for hydroxylation is 2. The fourth-order valence-corrected chi connectivity index (χ4v) is 4.19. The molecule has 3 aromatic carbocycles. The van der Waals surface area contributed by atoms with E-state index >= 15 is 0 Å². The van der Waals surface area contributed by atoms with Gasteiger partial charge < -0.3 is 4.74 Å². The lowest BCUT2D eigenvalue weighted by Gasteiger charge is -2.08. The van der Waals surface area contributed by atoms with Crippen molar-refractivity contribution in [1.82, 2.24) is 0 Å². The Morgan fingerprint density at radius 1 is 0.857 bits per heavy atom. The van der Waals surface area contributed by atoms with Crippen molar-refractivity contribution in [3.05, 3.63) is 89.3 Å². The van der Waals surface area contributed by atoms with Gasteiger partial charge in [0.15, 0.2) is 5.69 Å². The number of hydrogen-bond donors (Lipinski definition) is 1. The summed E-state index contributed by atoms with van der Waals surface area (Å²) >= 11 is 1.70. The minimum atomic E-state index is 0.860. The monoisotopic (exact) mass is 387 g/mol. The molecule has 0 atom stereocenters. The average Bonchev–Trinajstić information content (AvgIpc) is 3.11. The first-order chi connectivity index (χ1) is 13.6. The summed E-state index contributed by atoms with van der Waals surface area (Å²) in [5.41, 5.74) is 6.99. The van der Waals surface area contributed by atoms with Crippen LogP contribution in [0.3, 0.4) is 0 Å². The van der Waals surface area contributed by atoms with Gasteiger partial charge >= 0.3 is 5.13 Å². The van der Waals surface area contributed by atoms with Crippen LogP contribution in [0.25, 0.3) is 16.9 Å². The third-order valence-corrected chi connectivity index (χ3v) is 5.49. The van der Waals surface area contributed by atoms with Crippen molar-refractivity contribution in [2.75, 3.05) is 12.4 Å². The van der Waals surface area contributed by atoms with Crippen molar-refractivity contribution >= 4 is 22.2 Å². The van der Waals surface area contributed by atoms with Gasteiger partial charge in [0.25, 0.3) is 0 Å². The molecule has 28 heavy (non-hydrogen) atoms. The molecular formula is C24H23N2OS+. The third kappa shape index (κ3) is 3.78. The molecule has 0 radical (unpaired) electrons. The molecule has 0 saturated heterocycles. The van der Waals surface area contributed by atoms with E-state index in [-0.39, 0.29) is 0 Å². The standard InChI is InChI=1S/C24H22N2OS/c1-17-6-4-8-20(14-17)25-24-26(21-9-5-7-18(2)15-21)23(16-28-24)19-10-12-22(27-3)13-11-19/h4-16H,1-3H3/p+1. The number of nitrogens with zero attached hydrogens (tertiary/aromatic N) is 1. The highest BCUT2D eigenvalue weighted by Crippen LogP contribution is 2.29. The number of anilines is 2.